The molecule has 0 aliphatic carbocycles. The molecule has 0 bridgehead atoms. The average molecular weight is 498 g/mol. The standard InChI is InChI=1S/C20H23FN4O2.HI/c1-2-22-20(23-12-14-8-9-18(26)17(21)10-14)24-15-11-19(27)25(13-15)16-6-4-3-5-7-16;/h3-10,15,26H,2,11-13H2,1H3,(H2,22,23,24);1H. The maximum absolute atomic E-state index is 13.5. The Morgan fingerprint density at radius 3 is 2.71 bits per heavy atom. The van der Waals surface area contributed by atoms with E-state index in [2.05, 4.69) is 15.6 Å². The largest absolute Gasteiger partial charge is 0.505 e. The van der Waals surface area contributed by atoms with Gasteiger partial charge in [0.15, 0.2) is 17.5 Å². The zero-order valence-corrected chi connectivity index (χ0v) is 17.9. The van der Waals surface area contributed by atoms with Gasteiger partial charge in [0.1, 0.15) is 0 Å². The maximum Gasteiger partial charge on any atom is 0.229 e. The molecule has 0 radical (unpaired) electrons. The smallest absolute Gasteiger partial charge is 0.229 e. The van der Waals surface area contributed by atoms with Crippen LogP contribution < -0.4 is 15.5 Å². The Morgan fingerprint density at radius 2 is 2.04 bits per heavy atom. The average Bonchev–Trinajstić information content (AvgIpc) is 3.03. The number of carbonyl (C=O) groups excluding carboxylic acids is 1. The summed E-state index contributed by atoms with van der Waals surface area (Å²) in [6.45, 7) is 3.43. The van der Waals surface area contributed by atoms with Gasteiger partial charge in [-0.05, 0) is 36.8 Å². The van der Waals surface area contributed by atoms with Crippen molar-refractivity contribution in [2.45, 2.75) is 25.9 Å². The van der Waals surface area contributed by atoms with Crippen molar-refractivity contribution >= 4 is 41.5 Å². The maximum atomic E-state index is 13.5. The summed E-state index contributed by atoms with van der Waals surface area (Å²) in [6, 6.07) is 13.7. The highest BCUT2D eigenvalue weighted by Gasteiger charge is 2.31. The molecule has 1 heterocycles. The van der Waals surface area contributed by atoms with Crippen LogP contribution in [0.3, 0.4) is 0 Å². The van der Waals surface area contributed by atoms with Gasteiger partial charge in [-0.1, -0.05) is 24.3 Å². The van der Waals surface area contributed by atoms with Gasteiger partial charge in [-0.15, -0.1) is 24.0 Å². The third kappa shape index (κ3) is 5.57. The molecule has 6 nitrogen and oxygen atoms in total. The summed E-state index contributed by atoms with van der Waals surface area (Å²) >= 11 is 0. The van der Waals surface area contributed by atoms with Gasteiger partial charge in [-0.3, -0.25) is 4.79 Å². The van der Waals surface area contributed by atoms with Gasteiger partial charge in [0, 0.05) is 25.2 Å². The first-order valence-corrected chi connectivity index (χ1v) is 8.94. The van der Waals surface area contributed by atoms with Crippen LogP contribution in [0.25, 0.3) is 0 Å². The van der Waals surface area contributed by atoms with Crippen LogP contribution in [0, 0.1) is 5.82 Å². The van der Waals surface area contributed by atoms with E-state index in [1.54, 1.807) is 11.0 Å². The SMILES string of the molecule is CCNC(=NCc1ccc(O)c(F)c1)NC1CC(=O)N(c2ccccc2)C1.I. The summed E-state index contributed by atoms with van der Waals surface area (Å²) in [5, 5.41) is 15.7. The lowest BCUT2D eigenvalue weighted by Gasteiger charge is -2.19. The van der Waals surface area contributed by atoms with Crippen LogP contribution in [-0.4, -0.2) is 36.1 Å². The third-order valence-electron chi connectivity index (χ3n) is 4.31. The summed E-state index contributed by atoms with van der Waals surface area (Å²) in [7, 11) is 0. The fraction of sp³-hybridized carbons (Fsp3) is 0.300. The number of nitrogens with one attached hydrogen (secondary N) is 2. The lowest BCUT2D eigenvalue weighted by molar-refractivity contribution is -0.117. The van der Waals surface area contributed by atoms with E-state index in [1.165, 1.54) is 12.1 Å². The van der Waals surface area contributed by atoms with E-state index in [0.29, 0.717) is 31.0 Å². The monoisotopic (exact) mass is 498 g/mol. The molecular weight excluding hydrogens is 474 g/mol. The second kappa shape index (κ2) is 10.3. The molecule has 0 aromatic heterocycles. The molecule has 1 amide bonds. The van der Waals surface area contributed by atoms with Crippen LogP contribution in [0.5, 0.6) is 5.75 Å². The molecule has 1 fully saturated rings. The van der Waals surface area contributed by atoms with Crippen molar-refractivity contribution in [1.82, 2.24) is 10.6 Å². The summed E-state index contributed by atoms with van der Waals surface area (Å²) in [4.78, 5) is 18.6. The number of para-hydroxylation sites is 1. The fourth-order valence-electron chi connectivity index (χ4n) is 2.99. The minimum atomic E-state index is -0.666. The van der Waals surface area contributed by atoms with E-state index in [1.807, 2.05) is 37.3 Å². The number of hydrogen-bond donors (Lipinski definition) is 3. The van der Waals surface area contributed by atoms with Crippen molar-refractivity contribution in [2.24, 2.45) is 4.99 Å². The molecule has 1 atom stereocenters. The van der Waals surface area contributed by atoms with E-state index in [-0.39, 0.29) is 48.2 Å². The fourth-order valence-corrected chi connectivity index (χ4v) is 2.99. The Kier molecular flexibility index (Phi) is 8.04. The van der Waals surface area contributed by atoms with E-state index in [4.69, 9.17) is 0 Å². The number of rotatable bonds is 5. The van der Waals surface area contributed by atoms with Crippen molar-refractivity contribution in [3.05, 3.63) is 59.9 Å². The van der Waals surface area contributed by atoms with Gasteiger partial charge < -0.3 is 20.6 Å². The number of phenols is 1. The summed E-state index contributed by atoms with van der Waals surface area (Å²) in [6.07, 6.45) is 0.382. The molecule has 8 heteroatoms. The molecule has 0 spiro atoms. The highest BCUT2D eigenvalue weighted by molar-refractivity contribution is 14.0. The van der Waals surface area contributed by atoms with Crippen LogP contribution in [0.1, 0.15) is 18.9 Å². The predicted molar refractivity (Wildman–Crippen MR) is 119 cm³/mol. The topological polar surface area (TPSA) is 77.0 Å². The number of benzene rings is 2. The first-order chi connectivity index (χ1) is 13.1. The first kappa shape index (κ1) is 21.9. The van der Waals surface area contributed by atoms with E-state index in [9.17, 15) is 14.3 Å². The molecule has 28 heavy (non-hydrogen) atoms. The second-order valence-corrected chi connectivity index (χ2v) is 6.37. The van der Waals surface area contributed by atoms with Gasteiger partial charge in [-0.25, -0.2) is 9.38 Å². The van der Waals surface area contributed by atoms with Gasteiger partial charge in [0.2, 0.25) is 5.91 Å². The summed E-state index contributed by atoms with van der Waals surface area (Å²) in [5.41, 5.74) is 1.53. The number of phenolic OH excluding ortho intramolecular Hbond substituents is 1. The highest BCUT2D eigenvalue weighted by atomic mass is 127. The Labute approximate surface area is 180 Å². The lowest BCUT2D eigenvalue weighted by atomic mass is 10.2. The predicted octanol–water partition coefficient (Wildman–Crippen LogP) is 3.01. The van der Waals surface area contributed by atoms with Crippen LogP contribution in [0.15, 0.2) is 53.5 Å². The quantitative estimate of drug-likeness (QED) is 0.337. The number of amides is 1. The Balaban J connectivity index is 0.00000280. The zero-order chi connectivity index (χ0) is 19.2. The van der Waals surface area contributed by atoms with E-state index < -0.39 is 5.82 Å². The molecule has 150 valence electrons. The number of aromatic hydroxyl groups is 1. The minimum absolute atomic E-state index is 0. The van der Waals surface area contributed by atoms with Crippen molar-refractivity contribution in [1.29, 1.82) is 0 Å². The Bertz CT molecular complexity index is 832. The number of aliphatic imine (C=N–C) groups is 1. The van der Waals surface area contributed by atoms with Crippen molar-refractivity contribution in [3.63, 3.8) is 0 Å². The minimum Gasteiger partial charge on any atom is -0.505 e. The molecule has 3 N–H and O–H groups in total. The molecule has 3 rings (SSSR count). The summed E-state index contributed by atoms with van der Waals surface area (Å²) in [5.74, 6) is -0.410. The van der Waals surface area contributed by atoms with Gasteiger partial charge in [-0.2, -0.15) is 0 Å². The van der Waals surface area contributed by atoms with Crippen LogP contribution >= 0.6 is 24.0 Å². The first-order valence-electron chi connectivity index (χ1n) is 8.94. The van der Waals surface area contributed by atoms with Gasteiger partial charge in [0.25, 0.3) is 0 Å². The zero-order valence-electron chi connectivity index (χ0n) is 15.6. The number of carbonyl (C=O) groups is 1. The van der Waals surface area contributed by atoms with Gasteiger partial charge in [0.05, 0.1) is 12.6 Å². The third-order valence-corrected chi connectivity index (χ3v) is 4.31. The molecule has 0 saturated carbocycles. The van der Waals surface area contributed by atoms with Gasteiger partial charge >= 0.3 is 0 Å². The van der Waals surface area contributed by atoms with Crippen molar-refractivity contribution < 1.29 is 14.3 Å². The second-order valence-electron chi connectivity index (χ2n) is 6.37. The van der Waals surface area contributed by atoms with Crippen LogP contribution in [0.4, 0.5) is 10.1 Å². The van der Waals surface area contributed by atoms with Crippen molar-refractivity contribution in [2.75, 3.05) is 18.0 Å². The van der Waals surface area contributed by atoms with Crippen LogP contribution in [0.2, 0.25) is 0 Å². The molecule has 1 aliphatic rings. The number of guanidine groups is 1. The molecule has 1 aliphatic heterocycles. The Hall–Kier alpha value is -2.36. The summed E-state index contributed by atoms with van der Waals surface area (Å²) < 4.78 is 13.5. The lowest BCUT2D eigenvalue weighted by Crippen LogP contribution is -2.44. The highest BCUT2D eigenvalue weighted by Crippen LogP contribution is 2.21. The number of hydrogen-bond acceptors (Lipinski definition) is 3. The number of halogens is 2. The molecule has 1 unspecified atom stereocenters. The normalized spacial score (nSPS) is 16.6. The van der Waals surface area contributed by atoms with Crippen molar-refractivity contribution in [3.8, 4) is 5.75 Å². The number of nitrogens with zero attached hydrogens (tertiary/aromatic N) is 2. The number of anilines is 1. The Morgan fingerprint density at radius 1 is 1.29 bits per heavy atom. The molecule has 1 saturated heterocycles. The molecule has 2 aromatic carbocycles. The molecule has 2 aromatic rings. The molecular formula is C20H24FIN4O2. The van der Waals surface area contributed by atoms with E-state index in [0.717, 1.165) is 5.69 Å². The van der Waals surface area contributed by atoms with E-state index >= 15 is 0 Å². The van der Waals surface area contributed by atoms with Crippen LogP contribution in [-0.2, 0) is 11.3 Å².